The van der Waals surface area contributed by atoms with Crippen LogP contribution in [0.4, 0.5) is 0 Å². The molecule has 15 heavy (non-hydrogen) atoms. The number of hydrogen-bond donors (Lipinski definition) is 1. The lowest BCUT2D eigenvalue weighted by Gasteiger charge is -2.11. The molecule has 1 aliphatic rings. The van der Waals surface area contributed by atoms with Gasteiger partial charge in [0.15, 0.2) is 5.78 Å². The van der Waals surface area contributed by atoms with Crippen molar-refractivity contribution in [1.82, 2.24) is 9.69 Å². The molecule has 1 fully saturated rings. The summed E-state index contributed by atoms with van der Waals surface area (Å²) in [5.74, 6) is 0.811. The van der Waals surface area contributed by atoms with E-state index in [0.29, 0.717) is 10.8 Å². The van der Waals surface area contributed by atoms with Crippen molar-refractivity contribution in [3.63, 3.8) is 0 Å². The summed E-state index contributed by atoms with van der Waals surface area (Å²) < 4.78 is 9.00. The molecule has 1 aromatic rings. The van der Waals surface area contributed by atoms with Crippen LogP contribution in [0.3, 0.4) is 0 Å². The van der Waals surface area contributed by atoms with Crippen LogP contribution in [0.25, 0.3) is 0 Å². The van der Waals surface area contributed by atoms with Gasteiger partial charge in [-0.1, -0.05) is 0 Å². The summed E-state index contributed by atoms with van der Waals surface area (Å²) in [5, 5.41) is 3.27. The maximum atomic E-state index is 12.1. The largest absolute Gasteiger partial charge is 0.480 e. The van der Waals surface area contributed by atoms with E-state index >= 15 is 0 Å². The molecular weight excluding hydrogens is 212 g/mol. The number of ketones is 1. The van der Waals surface area contributed by atoms with Crippen LogP contribution < -0.4 is 10.1 Å². The predicted octanol–water partition coefficient (Wildman–Crippen LogP) is 1.33. The van der Waals surface area contributed by atoms with Crippen LogP contribution in [0.1, 0.15) is 23.0 Å². The Kier molecular flexibility index (Phi) is 3.02. The third kappa shape index (κ3) is 2.03. The Bertz CT molecular complexity index is 364. The molecule has 2 rings (SSSR count). The molecule has 1 aromatic heterocycles. The van der Waals surface area contributed by atoms with E-state index in [1.54, 1.807) is 13.2 Å². The van der Waals surface area contributed by atoms with Crippen LogP contribution >= 0.6 is 11.5 Å². The Labute approximate surface area is 92.8 Å². The number of nitrogens with one attached hydrogen (secondary N) is 1. The fourth-order valence-electron chi connectivity index (χ4n) is 1.87. The first-order chi connectivity index (χ1) is 7.22. The smallest absolute Gasteiger partial charge is 0.225 e. The number of Topliss-reactive ketones (excluding diaryl/α,β-unsaturated/α-hetero) is 1. The third-order valence-corrected chi connectivity index (χ3v) is 3.59. The van der Waals surface area contributed by atoms with Gasteiger partial charge in [0.1, 0.15) is 0 Å². The monoisotopic (exact) mass is 226 g/mol. The fraction of sp³-hybridized carbons (Fsp3) is 0.600. The highest BCUT2D eigenvalue weighted by Crippen LogP contribution is 2.25. The van der Waals surface area contributed by atoms with E-state index in [9.17, 15) is 4.79 Å². The van der Waals surface area contributed by atoms with E-state index in [1.807, 2.05) is 6.92 Å². The number of rotatable bonds is 3. The van der Waals surface area contributed by atoms with Crippen molar-refractivity contribution in [2.45, 2.75) is 19.4 Å². The third-order valence-electron chi connectivity index (χ3n) is 2.80. The fourth-order valence-corrected chi connectivity index (χ4v) is 2.58. The van der Waals surface area contributed by atoms with Gasteiger partial charge >= 0.3 is 0 Å². The molecule has 1 N–H and O–H groups in total. The molecular formula is C10H14N2O2S. The lowest BCUT2D eigenvalue weighted by Crippen LogP contribution is -2.27. The molecule has 2 atom stereocenters. The normalized spacial score (nSPS) is 25.5. The number of carbonyl (C=O) groups is 1. The summed E-state index contributed by atoms with van der Waals surface area (Å²) in [6.45, 7) is 2.97. The summed E-state index contributed by atoms with van der Waals surface area (Å²) in [5.41, 5.74) is 0. The van der Waals surface area contributed by atoms with Gasteiger partial charge in [-0.3, -0.25) is 4.79 Å². The van der Waals surface area contributed by atoms with Crippen LogP contribution in [-0.2, 0) is 0 Å². The summed E-state index contributed by atoms with van der Waals surface area (Å²) in [6, 6.07) is 1.99. The molecule has 0 bridgehead atoms. The Balaban J connectivity index is 2.13. The van der Waals surface area contributed by atoms with Gasteiger partial charge in [-0.05, 0) is 31.4 Å². The molecule has 1 saturated heterocycles. The number of ether oxygens (including phenoxy) is 1. The van der Waals surface area contributed by atoms with Crippen molar-refractivity contribution in [2.75, 3.05) is 13.7 Å². The van der Waals surface area contributed by atoms with Gasteiger partial charge in [0, 0.05) is 18.0 Å². The van der Waals surface area contributed by atoms with Crippen molar-refractivity contribution in [3.05, 3.63) is 10.9 Å². The second-order valence-electron chi connectivity index (χ2n) is 3.74. The molecule has 4 nitrogen and oxygen atoms in total. The summed E-state index contributed by atoms with van der Waals surface area (Å²) in [6.07, 6.45) is 0.917. The van der Waals surface area contributed by atoms with Gasteiger partial charge in [0.2, 0.25) is 5.88 Å². The summed E-state index contributed by atoms with van der Waals surface area (Å²) in [7, 11) is 1.56. The molecule has 0 saturated carbocycles. The molecule has 0 amide bonds. The molecule has 0 radical (unpaired) electrons. The van der Waals surface area contributed by atoms with E-state index in [1.165, 1.54) is 11.5 Å². The van der Waals surface area contributed by atoms with E-state index in [-0.39, 0.29) is 17.7 Å². The zero-order valence-corrected chi connectivity index (χ0v) is 9.63. The zero-order valence-electron chi connectivity index (χ0n) is 8.82. The molecule has 82 valence electrons. The van der Waals surface area contributed by atoms with E-state index in [4.69, 9.17) is 4.74 Å². The van der Waals surface area contributed by atoms with E-state index < -0.39 is 0 Å². The minimum Gasteiger partial charge on any atom is -0.480 e. The highest BCUT2D eigenvalue weighted by Gasteiger charge is 2.31. The Morgan fingerprint density at radius 2 is 2.53 bits per heavy atom. The van der Waals surface area contributed by atoms with Crippen LogP contribution in [0.5, 0.6) is 5.88 Å². The molecule has 2 heterocycles. The maximum absolute atomic E-state index is 12.1. The summed E-state index contributed by atoms with van der Waals surface area (Å²) in [4.78, 5) is 12.8. The van der Waals surface area contributed by atoms with Crippen molar-refractivity contribution in [1.29, 1.82) is 0 Å². The van der Waals surface area contributed by atoms with Gasteiger partial charge in [-0.15, -0.1) is 0 Å². The standard InChI is InChI=1S/C10H14N2O2S/c1-6-7(3-4-11-6)10(13)8-5-9(14-2)12-15-8/h5-7,11H,3-4H2,1-2H3. The molecule has 0 aliphatic carbocycles. The van der Waals surface area contributed by atoms with Crippen LogP contribution in [0.2, 0.25) is 0 Å². The summed E-state index contributed by atoms with van der Waals surface area (Å²) >= 11 is 1.22. The van der Waals surface area contributed by atoms with Gasteiger partial charge in [-0.2, -0.15) is 4.37 Å². The average molecular weight is 226 g/mol. The van der Waals surface area contributed by atoms with Gasteiger partial charge in [0.25, 0.3) is 0 Å². The second-order valence-corrected chi connectivity index (χ2v) is 4.54. The number of hydrogen-bond acceptors (Lipinski definition) is 5. The quantitative estimate of drug-likeness (QED) is 0.790. The van der Waals surface area contributed by atoms with Crippen molar-refractivity contribution >= 4 is 17.3 Å². The first kappa shape index (κ1) is 10.6. The van der Waals surface area contributed by atoms with Crippen molar-refractivity contribution in [3.8, 4) is 5.88 Å². The SMILES string of the molecule is COc1cc(C(=O)C2CCNC2C)sn1. The number of carbonyl (C=O) groups excluding carboxylic acids is 1. The first-order valence-corrected chi connectivity index (χ1v) is 5.78. The molecule has 2 unspecified atom stereocenters. The first-order valence-electron chi connectivity index (χ1n) is 5.00. The molecule has 5 heteroatoms. The van der Waals surface area contributed by atoms with E-state index in [0.717, 1.165) is 13.0 Å². The maximum Gasteiger partial charge on any atom is 0.225 e. The minimum absolute atomic E-state index is 0.0927. The van der Waals surface area contributed by atoms with Crippen molar-refractivity contribution < 1.29 is 9.53 Å². The molecule has 1 aliphatic heterocycles. The molecule has 0 aromatic carbocycles. The van der Waals surface area contributed by atoms with Crippen LogP contribution in [0.15, 0.2) is 6.07 Å². The topological polar surface area (TPSA) is 51.2 Å². The highest BCUT2D eigenvalue weighted by molar-refractivity contribution is 7.08. The number of methoxy groups -OCH3 is 1. The lowest BCUT2D eigenvalue weighted by molar-refractivity contribution is 0.0918. The minimum atomic E-state index is 0.0927. The Morgan fingerprint density at radius 3 is 3.07 bits per heavy atom. The number of nitrogens with zero attached hydrogens (tertiary/aromatic N) is 1. The highest BCUT2D eigenvalue weighted by atomic mass is 32.1. The second kappa shape index (κ2) is 4.28. The Morgan fingerprint density at radius 1 is 1.73 bits per heavy atom. The van der Waals surface area contributed by atoms with Crippen LogP contribution in [0, 0.1) is 5.92 Å². The van der Waals surface area contributed by atoms with E-state index in [2.05, 4.69) is 9.69 Å². The van der Waals surface area contributed by atoms with Gasteiger partial charge < -0.3 is 10.1 Å². The zero-order chi connectivity index (χ0) is 10.8. The number of aromatic nitrogens is 1. The lowest BCUT2D eigenvalue weighted by atomic mass is 9.96. The van der Waals surface area contributed by atoms with Gasteiger partial charge in [-0.25, -0.2) is 0 Å². The average Bonchev–Trinajstić information content (AvgIpc) is 2.84. The van der Waals surface area contributed by atoms with Crippen LogP contribution in [-0.4, -0.2) is 29.9 Å². The van der Waals surface area contributed by atoms with Crippen molar-refractivity contribution in [2.24, 2.45) is 5.92 Å². The molecule has 0 spiro atoms. The predicted molar refractivity (Wildman–Crippen MR) is 58.6 cm³/mol. The Hall–Kier alpha value is -0.940. The van der Waals surface area contributed by atoms with Gasteiger partial charge in [0.05, 0.1) is 12.0 Å².